The maximum atomic E-state index is 12.6. The zero-order valence-corrected chi connectivity index (χ0v) is 21.5. The first kappa shape index (κ1) is 26.4. The molecule has 0 aromatic heterocycles. The van der Waals surface area contributed by atoms with Crippen molar-refractivity contribution in [2.45, 2.75) is 78.4 Å². The molecule has 0 aliphatic carbocycles. The summed E-state index contributed by atoms with van der Waals surface area (Å²) in [6, 6.07) is 13.7. The molecule has 32 heavy (non-hydrogen) atoms. The van der Waals surface area contributed by atoms with Crippen LogP contribution in [-0.2, 0) is 14.6 Å². The van der Waals surface area contributed by atoms with Gasteiger partial charge in [-0.3, -0.25) is 0 Å². The van der Waals surface area contributed by atoms with E-state index >= 15 is 0 Å². The number of aryl methyl sites for hydroxylation is 2. The lowest BCUT2D eigenvalue weighted by Gasteiger charge is -2.24. The third-order valence-corrected chi connectivity index (χ3v) is 7.67. The Bertz CT molecular complexity index is 946. The quantitative estimate of drug-likeness (QED) is 0.261. The van der Waals surface area contributed by atoms with Crippen molar-refractivity contribution in [3.63, 3.8) is 0 Å². The molecule has 0 saturated carbocycles. The molecule has 0 fully saturated rings. The Hall–Kier alpha value is -1.85. The van der Waals surface area contributed by atoms with Crippen LogP contribution in [0.25, 0.3) is 0 Å². The van der Waals surface area contributed by atoms with Crippen LogP contribution in [-0.4, -0.2) is 27.1 Å². The molecule has 2 aromatic rings. The van der Waals surface area contributed by atoms with Crippen LogP contribution in [0, 0.1) is 25.7 Å². The second-order valence-corrected chi connectivity index (χ2v) is 11.6. The predicted molar refractivity (Wildman–Crippen MR) is 132 cm³/mol. The molecule has 0 aliphatic rings. The van der Waals surface area contributed by atoms with Crippen molar-refractivity contribution in [2.24, 2.45) is 11.8 Å². The predicted octanol–water partition coefficient (Wildman–Crippen LogP) is 6.69. The van der Waals surface area contributed by atoms with E-state index in [2.05, 4.69) is 39.8 Å². The van der Waals surface area contributed by atoms with Crippen LogP contribution < -0.4 is 4.74 Å². The highest BCUT2D eigenvalue weighted by atomic mass is 32.2. The van der Waals surface area contributed by atoms with Crippen molar-refractivity contribution in [3.05, 3.63) is 59.2 Å². The summed E-state index contributed by atoms with van der Waals surface area (Å²) in [5, 5.41) is 0. The third kappa shape index (κ3) is 7.93. The van der Waals surface area contributed by atoms with Crippen LogP contribution in [0.5, 0.6) is 5.75 Å². The Morgan fingerprint density at radius 1 is 0.906 bits per heavy atom. The Morgan fingerprint density at radius 3 is 2.12 bits per heavy atom. The normalized spacial score (nSPS) is 14.0. The highest BCUT2D eigenvalue weighted by molar-refractivity contribution is 7.91. The molecule has 0 spiro atoms. The second kappa shape index (κ2) is 11.9. The maximum Gasteiger partial charge on any atom is 0.196 e. The Morgan fingerprint density at radius 2 is 1.56 bits per heavy atom. The summed E-state index contributed by atoms with van der Waals surface area (Å²) in [7, 11) is -3.31. The first-order valence-electron chi connectivity index (χ1n) is 11.7. The van der Waals surface area contributed by atoms with E-state index < -0.39 is 16.1 Å². The van der Waals surface area contributed by atoms with Gasteiger partial charge in [-0.05, 0) is 80.7 Å². The van der Waals surface area contributed by atoms with Gasteiger partial charge in [0, 0.05) is 0 Å². The summed E-state index contributed by atoms with van der Waals surface area (Å²) >= 11 is 0. The molecule has 2 unspecified atom stereocenters. The van der Waals surface area contributed by atoms with Crippen molar-refractivity contribution in [3.8, 4) is 5.75 Å². The molecule has 4 nitrogen and oxygen atoms in total. The van der Waals surface area contributed by atoms with Gasteiger partial charge in [0.15, 0.2) is 16.1 Å². The van der Waals surface area contributed by atoms with E-state index in [4.69, 9.17) is 9.47 Å². The minimum absolute atomic E-state index is 0.0603. The summed E-state index contributed by atoms with van der Waals surface area (Å²) in [6.07, 6.45) is 1.15. The molecule has 0 saturated heterocycles. The van der Waals surface area contributed by atoms with E-state index in [0.717, 1.165) is 16.9 Å². The molecule has 0 N–H and O–H groups in total. The number of hydrogen-bond acceptors (Lipinski definition) is 4. The fourth-order valence-electron chi connectivity index (χ4n) is 4.08. The van der Waals surface area contributed by atoms with Gasteiger partial charge in [-0.2, -0.15) is 0 Å². The monoisotopic (exact) mass is 460 g/mol. The number of hydrogen-bond donors (Lipinski definition) is 0. The van der Waals surface area contributed by atoms with Crippen molar-refractivity contribution in [1.82, 2.24) is 0 Å². The van der Waals surface area contributed by atoms with Gasteiger partial charge < -0.3 is 9.47 Å². The Balaban J connectivity index is 1.83. The lowest BCUT2D eigenvalue weighted by atomic mass is 9.82. The van der Waals surface area contributed by atoms with Gasteiger partial charge in [0.25, 0.3) is 0 Å². The van der Waals surface area contributed by atoms with Crippen LogP contribution in [0.2, 0.25) is 0 Å². The summed E-state index contributed by atoms with van der Waals surface area (Å²) in [5.41, 5.74) is 3.19. The molecule has 0 aliphatic heterocycles. The molecule has 5 heteroatoms. The maximum absolute atomic E-state index is 12.6. The molecule has 2 aromatic carbocycles. The second-order valence-electron chi connectivity index (χ2n) is 9.55. The average molecular weight is 461 g/mol. The van der Waals surface area contributed by atoms with E-state index in [1.807, 2.05) is 45.0 Å². The van der Waals surface area contributed by atoms with Gasteiger partial charge >= 0.3 is 0 Å². The van der Waals surface area contributed by atoms with Crippen LogP contribution >= 0.6 is 0 Å². The number of sulfone groups is 1. The SMILES string of the molecule is Cc1ccc(S(=O)(=O)CCCOC(C)Oc2ccc(C(CC(C)C)C(C)C)cc2)c(C)c1. The van der Waals surface area contributed by atoms with Gasteiger partial charge in [0.1, 0.15) is 5.75 Å². The summed E-state index contributed by atoms with van der Waals surface area (Å²) in [6.45, 7) is 15.0. The lowest BCUT2D eigenvalue weighted by Crippen LogP contribution is -2.19. The van der Waals surface area contributed by atoms with Gasteiger partial charge in [-0.25, -0.2) is 8.42 Å². The number of benzene rings is 2. The number of rotatable bonds is 12. The molecular weight excluding hydrogens is 420 g/mol. The van der Waals surface area contributed by atoms with Crippen LogP contribution in [0.1, 0.15) is 70.1 Å². The van der Waals surface area contributed by atoms with Crippen molar-refractivity contribution >= 4 is 9.84 Å². The van der Waals surface area contributed by atoms with Gasteiger partial charge in [-0.15, -0.1) is 0 Å². The van der Waals surface area contributed by atoms with Crippen LogP contribution in [0.3, 0.4) is 0 Å². The lowest BCUT2D eigenvalue weighted by molar-refractivity contribution is -0.0661. The van der Waals surface area contributed by atoms with Gasteiger partial charge in [0.05, 0.1) is 17.3 Å². The zero-order chi connectivity index (χ0) is 23.9. The van der Waals surface area contributed by atoms with Gasteiger partial charge in [-0.1, -0.05) is 57.5 Å². The molecule has 0 radical (unpaired) electrons. The van der Waals surface area contributed by atoms with Crippen molar-refractivity contribution < 1.29 is 17.9 Å². The smallest absolute Gasteiger partial charge is 0.196 e. The standard InChI is InChI=1S/C27H40O4S/c1-19(2)17-26(20(3)4)24-10-12-25(13-11-24)31-23(7)30-15-8-16-32(28,29)27-14-9-21(5)18-22(27)6/h9-14,18-20,23,26H,8,15-17H2,1-7H3. The number of ether oxygens (including phenoxy) is 2. The molecule has 2 rings (SSSR count). The average Bonchev–Trinajstić information content (AvgIpc) is 2.69. The van der Waals surface area contributed by atoms with Crippen LogP contribution in [0.4, 0.5) is 0 Å². The molecule has 0 bridgehead atoms. The van der Waals surface area contributed by atoms with E-state index in [9.17, 15) is 8.42 Å². The fourth-order valence-corrected chi connectivity index (χ4v) is 5.62. The van der Waals surface area contributed by atoms with E-state index in [1.54, 1.807) is 6.07 Å². The highest BCUT2D eigenvalue weighted by Gasteiger charge is 2.18. The summed E-state index contributed by atoms with van der Waals surface area (Å²) < 4.78 is 36.8. The summed E-state index contributed by atoms with van der Waals surface area (Å²) in [5.74, 6) is 2.61. The molecule has 0 heterocycles. The van der Waals surface area contributed by atoms with E-state index in [-0.39, 0.29) is 5.75 Å². The first-order chi connectivity index (χ1) is 15.0. The Kier molecular flexibility index (Phi) is 9.78. The first-order valence-corrected chi connectivity index (χ1v) is 13.3. The Labute approximate surface area is 195 Å². The molecule has 2 atom stereocenters. The van der Waals surface area contributed by atoms with Crippen molar-refractivity contribution in [1.29, 1.82) is 0 Å². The molecule has 0 amide bonds. The van der Waals surface area contributed by atoms with Crippen LogP contribution in [0.15, 0.2) is 47.4 Å². The fraction of sp³-hybridized carbons (Fsp3) is 0.556. The highest BCUT2D eigenvalue weighted by Crippen LogP contribution is 2.32. The minimum Gasteiger partial charge on any atom is -0.465 e. The third-order valence-electron chi connectivity index (χ3n) is 5.72. The van der Waals surface area contributed by atoms with Crippen molar-refractivity contribution in [2.75, 3.05) is 12.4 Å². The van der Waals surface area contributed by atoms with E-state index in [1.165, 1.54) is 12.0 Å². The summed E-state index contributed by atoms with van der Waals surface area (Å²) in [4.78, 5) is 0.407. The largest absolute Gasteiger partial charge is 0.465 e. The zero-order valence-electron chi connectivity index (χ0n) is 20.7. The topological polar surface area (TPSA) is 52.6 Å². The van der Waals surface area contributed by atoms with E-state index in [0.29, 0.717) is 35.7 Å². The molecule has 178 valence electrons. The molecular formula is C27H40O4S. The minimum atomic E-state index is -3.31. The van der Waals surface area contributed by atoms with Gasteiger partial charge in [0.2, 0.25) is 0 Å².